The molecule has 0 aliphatic heterocycles. The van der Waals surface area contributed by atoms with Crippen LogP contribution in [0.25, 0.3) is 0 Å². The smallest absolute Gasteiger partial charge is 0.297 e. The van der Waals surface area contributed by atoms with Crippen molar-refractivity contribution in [2.24, 2.45) is 0 Å². The highest BCUT2D eigenvalue weighted by Crippen LogP contribution is 2.33. The minimum atomic E-state index is -0.655. The number of hydrogen-bond donors (Lipinski definition) is 2. The fourth-order valence-electron chi connectivity index (χ4n) is 1.21. The second-order valence-corrected chi connectivity index (χ2v) is 2.80. The molecule has 0 heterocycles. The molecule has 76 valence electrons. The van der Waals surface area contributed by atoms with Gasteiger partial charge in [-0.3, -0.25) is 10.1 Å². The summed E-state index contributed by atoms with van der Waals surface area (Å²) in [5.41, 5.74) is 5.23. The molecule has 1 aromatic rings. The van der Waals surface area contributed by atoms with Gasteiger partial charge < -0.3 is 11.1 Å². The maximum absolute atomic E-state index is 13.1. The zero-order valence-corrected chi connectivity index (χ0v) is 7.80. The minimum Gasteiger partial charge on any atom is -0.396 e. The molecule has 0 amide bonds. The van der Waals surface area contributed by atoms with Crippen molar-refractivity contribution in [3.05, 3.63) is 27.6 Å². The molecule has 5 nitrogen and oxygen atoms in total. The molecule has 0 bridgehead atoms. The number of nitrogen functional groups attached to an aromatic ring is 1. The van der Waals surface area contributed by atoms with E-state index >= 15 is 0 Å². The molecule has 0 fully saturated rings. The van der Waals surface area contributed by atoms with Crippen LogP contribution in [0.15, 0.2) is 6.07 Å². The van der Waals surface area contributed by atoms with E-state index in [1.54, 1.807) is 0 Å². The number of nitro benzene ring substituents is 1. The summed E-state index contributed by atoms with van der Waals surface area (Å²) >= 11 is 0. The molecule has 0 aliphatic rings. The van der Waals surface area contributed by atoms with Crippen molar-refractivity contribution >= 4 is 17.1 Å². The molecule has 0 spiro atoms. The van der Waals surface area contributed by atoms with E-state index in [1.807, 2.05) is 0 Å². The minimum absolute atomic E-state index is 0.124. The number of nitrogens with two attached hydrogens (primary N) is 1. The molecule has 0 saturated heterocycles. The van der Waals surface area contributed by atoms with Gasteiger partial charge in [-0.05, 0) is 6.92 Å². The summed E-state index contributed by atoms with van der Waals surface area (Å²) in [7, 11) is 1.48. The fourth-order valence-corrected chi connectivity index (χ4v) is 1.21. The summed E-state index contributed by atoms with van der Waals surface area (Å²) in [4.78, 5) is 10.1. The first-order valence-electron chi connectivity index (χ1n) is 3.89. The Morgan fingerprint density at radius 1 is 1.64 bits per heavy atom. The predicted octanol–water partition coefficient (Wildman–Crippen LogP) is 1.67. The molecular formula is C8H10FN3O2. The van der Waals surface area contributed by atoms with E-state index < -0.39 is 10.7 Å². The Kier molecular flexibility index (Phi) is 2.55. The monoisotopic (exact) mass is 199 g/mol. The molecule has 6 heteroatoms. The normalized spacial score (nSPS) is 9.93. The molecule has 0 radical (unpaired) electrons. The van der Waals surface area contributed by atoms with Crippen molar-refractivity contribution in [3.63, 3.8) is 0 Å². The summed E-state index contributed by atoms with van der Waals surface area (Å²) in [6.45, 7) is 1.41. The first kappa shape index (κ1) is 10.2. The van der Waals surface area contributed by atoms with E-state index in [2.05, 4.69) is 5.32 Å². The molecule has 1 rings (SSSR count). The van der Waals surface area contributed by atoms with Crippen LogP contribution >= 0.6 is 0 Å². The number of anilines is 2. The zero-order valence-electron chi connectivity index (χ0n) is 7.80. The predicted molar refractivity (Wildman–Crippen MR) is 51.8 cm³/mol. The number of rotatable bonds is 2. The van der Waals surface area contributed by atoms with Gasteiger partial charge in [-0.25, -0.2) is 4.39 Å². The highest BCUT2D eigenvalue weighted by molar-refractivity contribution is 5.72. The first-order valence-corrected chi connectivity index (χ1v) is 3.89. The average molecular weight is 199 g/mol. The van der Waals surface area contributed by atoms with Crippen LogP contribution in [-0.2, 0) is 0 Å². The van der Waals surface area contributed by atoms with Crippen molar-refractivity contribution in [1.82, 2.24) is 0 Å². The van der Waals surface area contributed by atoms with Crippen LogP contribution in [0.4, 0.5) is 21.5 Å². The third-order valence-electron chi connectivity index (χ3n) is 1.99. The Morgan fingerprint density at radius 3 is 2.64 bits per heavy atom. The molecular weight excluding hydrogens is 189 g/mol. The lowest BCUT2D eigenvalue weighted by atomic mass is 10.1. The van der Waals surface area contributed by atoms with Crippen molar-refractivity contribution in [2.75, 3.05) is 18.1 Å². The summed E-state index contributed by atoms with van der Waals surface area (Å²) in [5, 5.41) is 13.2. The van der Waals surface area contributed by atoms with Gasteiger partial charge >= 0.3 is 0 Å². The molecule has 1 aromatic carbocycles. The van der Waals surface area contributed by atoms with E-state index in [1.165, 1.54) is 14.0 Å². The highest BCUT2D eigenvalue weighted by Gasteiger charge is 2.21. The van der Waals surface area contributed by atoms with Gasteiger partial charge in [0.05, 0.1) is 16.2 Å². The SMILES string of the molecule is CNc1cc(F)c(N)c(C)c1[N+](=O)[O-]. The second kappa shape index (κ2) is 3.49. The molecule has 14 heavy (non-hydrogen) atoms. The maximum atomic E-state index is 13.1. The number of benzene rings is 1. The molecule has 0 atom stereocenters. The van der Waals surface area contributed by atoms with Gasteiger partial charge in [-0.2, -0.15) is 0 Å². The number of nitro groups is 1. The number of halogens is 1. The fraction of sp³-hybridized carbons (Fsp3) is 0.250. The Balaban J connectivity index is 3.53. The van der Waals surface area contributed by atoms with Crippen LogP contribution in [0.5, 0.6) is 0 Å². The van der Waals surface area contributed by atoms with Gasteiger partial charge in [0.15, 0.2) is 0 Å². The van der Waals surface area contributed by atoms with Crippen LogP contribution in [0.1, 0.15) is 5.56 Å². The van der Waals surface area contributed by atoms with Crippen LogP contribution < -0.4 is 11.1 Å². The van der Waals surface area contributed by atoms with E-state index in [0.717, 1.165) is 6.07 Å². The maximum Gasteiger partial charge on any atom is 0.297 e. The standard InChI is InChI=1S/C8H10FN3O2/c1-4-7(10)5(9)3-6(11-2)8(4)12(13)14/h3,11H,10H2,1-2H3. The first-order chi connectivity index (χ1) is 6.49. The molecule has 0 aliphatic carbocycles. The van der Waals surface area contributed by atoms with Crippen molar-refractivity contribution in [3.8, 4) is 0 Å². The topological polar surface area (TPSA) is 81.2 Å². The Labute approximate surface area is 79.9 Å². The summed E-state index contributed by atoms with van der Waals surface area (Å²) in [5.74, 6) is -0.655. The number of nitrogens with zero attached hydrogens (tertiary/aromatic N) is 1. The lowest BCUT2D eigenvalue weighted by molar-refractivity contribution is -0.384. The second-order valence-electron chi connectivity index (χ2n) is 2.80. The van der Waals surface area contributed by atoms with Gasteiger partial charge in [0.1, 0.15) is 11.5 Å². The van der Waals surface area contributed by atoms with Gasteiger partial charge in [0.25, 0.3) is 5.69 Å². The Morgan fingerprint density at radius 2 is 2.21 bits per heavy atom. The average Bonchev–Trinajstić information content (AvgIpc) is 2.12. The van der Waals surface area contributed by atoms with E-state index in [0.29, 0.717) is 0 Å². The van der Waals surface area contributed by atoms with Crippen LogP contribution in [0.2, 0.25) is 0 Å². The Bertz CT molecular complexity index is 393. The molecule has 0 saturated carbocycles. The van der Waals surface area contributed by atoms with Gasteiger partial charge in [0.2, 0.25) is 0 Å². The van der Waals surface area contributed by atoms with Gasteiger partial charge in [0, 0.05) is 13.1 Å². The van der Waals surface area contributed by atoms with Crippen LogP contribution in [0.3, 0.4) is 0 Å². The van der Waals surface area contributed by atoms with Gasteiger partial charge in [-0.1, -0.05) is 0 Å². The third-order valence-corrected chi connectivity index (χ3v) is 1.99. The van der Waals surface area contributed by atoms with Crippen molar-refractivity contribution in [2.45, 2.75) is 6.92 Å². The van der Waals surface area contributed by atoms with E-state index in [-0.39, 0.29) is 22.6 Å². The highest BCUT2D eigenvalue weighted by atomic mass is 19.1. The Hall–Kier alpha value is -1.85. The summed E-state index contributed by atoms with van der Waals surface area (Å²) in [6.07, 6.45) is 0. The molecule has 0 aromatic heterocycles. The largest absolute Gasteiger partial charge is 0.396 e. The molecule has 0 unspecified atom stereocenters. The van der Waals surface area contributed by atoms with Gasteiger partial charge in [-0.15, -0.1) is 0 Å². The van der Waals surface area contributed by atoms with Crippen molar-refractivity contribution < 1.29 is 9.31 Å². The van der Waals surface area contributed by atoms with Crippen molar-refractivity contribution in [1.29, 1.82) is 0 Å². The quantitative estimate of drug-likeness (QED) is 0.431. The van der Waals surface area contributed by atoms with Crippen LogP contribution in [-0.4, -0.2) is 12.0 Å². The lowest BCUT2D eigenvalue weighted by Gasteiger charge is -2.07. The lowest BCUT2D eigenvalue weighted by Crippen LogP contribution is -2.04. The number of hydrogen-bond acceptors (Lipinski definition) is 4. The zero-order chi connectivity index (χ0) is 10.9. The third kappa shape index (κ3) is 1.46. The van der Waals surface area contributed by atoms with Crippen LogP contribution in [0, 0.1) is 22.9 Å². The van der Waals surface area contributed by atoms with E-state index in [9.17, 15) is 14.5 Å². The summed E-state index contributed by atoms with van der Waals surface area (Å²) in [6, 6.07) is 1.01. The summed E-state index contributed by atoms with van der Waals surface area (Å²) < 4.78 is 13.1. The molecule has 3 N–H and O–H groups in total. The number of nitrogens with one attached hydrogen (secondary N) is 1. The van der Waals surface area contributed by atoms with E-state index in [4.69, 9.17) is 5.73 Å².